The van der Waals surface area contributed by atoms with Crippen LogP contribution in [0.1, 0.15) is 43.7 Å². The number of Topliss-reactive ketones (excluding diaryl/α,β-unsaturated/α-hetero) is 1. The number of nitrogens with zero attached hydrogens (tertiary/aromatic N) is 2. The summed E-state index contributed by atoms with van der Waals surface area (Å²) < 4.78 is 6.74. The highest BCUT2D eigenvalue weighted by molar-refractivity contribution is 9.10. The summed E-state index contributed by atoms with van der Waals surface area (Å²) in [7, 11) is 0. The highest BCUT2D eigenvalue weighted by atomic mass is 79.9. The van der Waals surface area contributed by atoms with Gasteiger partial charge in [0.25, 0.3) is 0 Å². The first kappa shape index (κ1) is 17.4. The van der Waals surface area contributed by atoms with E-state index in [4.69, 9.17) is 9.41 Å². The van der Waals surface area contributed by atoms with Crippen molar-refractivity contribution in [3.8, 4) is 0 Å². The molecule has 2 aromatic rings. The minimum absolute atomic E-state index is 0.160. The third kappa shape index (κ3) is 3.09. The van der Waals surface area contributed by atoms with Crippen LogP contribution in [-0.2, 0) is 4.79 Å². The molecule has 0 spiro atoms. The molecule has 0 amide bonds. The fourth-order valence-electron chi connectivity index (χ4n) is 3.89. The molecule has 0 fully saturated rings. The van der Waals surface area contributed by atoms with Gasteiger partial charge in [-0.25, -0.2) is 4.99 Å². The number of aliphatic imine (C=N–C) groups is 1. The van der Waals surface area contributed by atoms with Crippen molar-refractivity contribution in [1.29, 1.82) is 0 Å². The van der Waals surface area contributed by atoms with Crippen LogP contribution in [0.2, 0.25) is 0 Å². The maximum atomic E-state index is 12.7. The van der Waals surface area contributed by atoms with E-state index >= 15 is 0 Å². The van der Waals surface area contributed by atoms with Crippen LogP contribution >= 0.6 is 15.9 Å². The van der Waals surface area contributed by atoms with Crippen LogP contribution < -0.4 is 21.4 Å². The number of carbonyl (C=O) groups excluding carboxylic acids is 1. The zero-order valence-corrected chi connectivity index (χ0v) is 16.8. The molecule has 2 aliphatic carbocycles. The second-order valence-corrected chi connectivity index (χ2v) is 7.93. The van der Waals surface area contributed by atoms with Crippen molar-refractivity contribution in [3.63, 3.8) is 0 Å². The Morgan fingerprint density at radius 1 is 1.18 bits per heavy atom. The zero-order valence-electron chi connectivity index (χ0n) is 15.2. The molecule has 6 nitrogen and oxygen atoms in total. The third-order valence-corrected chi connectivity index (χ3v) is 5.92. The second-order valence-electron chi connectivity index (χ2n) is 7.07. The van der Waals surface area contributed by atoms with Crippen molar-refractivity contribution in [2.75, 3.05) is 5.32 Å². The summed E-state index contributed by atoms with van der Waals surface area (Å²) in [6.07, 6.45) is 8.30. The van der Waals surface area contributed by atoms with Gasteiger partial charge in [-0.05, 0) is 43.4 Å². The molecule has 142 valence electrons. The molecule has 1 aromatic heterocycles. The van der Waals surface area contributed by atoms with Crippen LogP contribution in [0.25, 0.3) is 12.2 Å². The van der Waals surface area contributed by atoms with Gasteiger partial charge in [-0.3, -0.25) is 10.1 Å². The molecule has 2 N–H and O–H groups in total. The summed E-state index contributed by atoms with van der Waals surface area (Å²) in [5.74, 6) is 0.709. The fourth-order valence-corrected chi connectivity index (χ4v) is 4.39. The number of halogens is 1. The van der Waals surface area contributed by atoms with Gasteiger partial charge in [-0.2, -0.15) is 4.98 Å². The van der Waals surface area contributed by atoms with Crippen LogP contribution in [0.15, 0.2) is 49.4 Å². The average molecular weight is 439 g/mol. The van der Waals surface area contributed by atoms with E-state index in [1.54, 1.807) is 0 Å². The van der Waals surface area contributed by atoms with Crippen LogP contribution in [0.5, 0.6) is 0 Å². The number of aromatic nitrogens is 1. The van der Waals surface area contributed by atoms with Gasteiger partial charge >= 0.3 is 6.01 Å². The first-order valence-electron chi connectivity index (χ1n) is 9.49. The minimum Gasteiger partial charge on any atom is -0.424 e. The van der Waals surface area contributed by atoms with Crippen molar-refractivity contribution in [2.24, 2.45) is 4.99 Å². The average Bonchev–Trinajstić information content (AvgIpc) is 3.10. The summed E-state index contributed by atoms with van der Waals surface area (Å²) in [6, 6.07) is 7.95. The number of benzene rings is 1. The minimum atomic E-state index is -0.357. The fraction of sp³-hybridized carbons (Fsp3) is 0.286. The Morgan fingerprint density at radius 2 is 2.04 bits per heavy atom. The van der Waals surface area contributed by atoms with E-state index < -0.39 is 0 Å². The molecule has 1 atom stereocenters. The predicted molar refractivity (Wildman–Crippen MR) is 111 cm³/mol. The Bertz CT molecular complexity index is 1110. The monoisotopic (exact) mass is 438 g/mol. The number of guanidine groups is 1. The first-order valence-corrected chi connectivity index (χ1v) is 10.3. The smallest absolute Gasteiger partial charge is 0.302 e. The van der Waals surface area contributed by atoms with Gasteiger partial charge in [0, 0.05) is 22.2 Å². The van der Waals surface area contributed by atoms with Crippen LogP contribution in [0, 0.1) is 0 Å². The van der Waals surface area contributed by atoms with Crippen molar-refractivity contribution in [3.05, 3.63) is 56.3 Å². The molecule has 0 radical (unpaired) electrons. The predicted octanol–water partition coefficient (Wildman–Crippen LogP) is 2.91. The molecule has 5 rings (SSSR count). The number of oxazole rings is 1. The maximum Gasteiger partial charge on any atom is 0.302 e. The van der Waals surface area contributed by atoms with Gasteiger partial charge in [0.2, 0.25) is 5.96 Å². The molecule has 0 saturated heterocycles. The summed E-state index contributed by atoms with van der Waals surface area (Å²) in [6.45, 7) is 0. The lowest BCUT2D eigenvalue weighted by Crippen LogP contribution is -2.38. The molecule has 0 saturated carbocycles. The highest BCUT2D eigenvalue weighted by Crippen LogP contribution is 2.38. The van der Waals surface area contributed by atoms with Crippen molar-refractivity contribution < 1.29 is 9.21 Å². The largest absolute Gasteiger partial charge is 0.424 e. The lowest BCUT2D eigenvalue weighted by molar-refractivity contribution is -0.116. The van der Waals surface area contributed by atoms with Crippen LogP contribution in [0.4, 0.5) is 6.01 Å². The molecule has 2 heterocycles. The molecule has 0 bridgehead atoms. The Labute approximate surface area is 170 Å². The lowest BCUT2D eigenvalue weighted by atomic mass is 9.86. The topological polar surface area (TPSA) is 79.5 Å². The van der Waals surface area contributed by atoms with Gasteiger partial charge in [0.1, 0.15) is 11.4 Å². The molecule has 1 aliphatic heterocycles. The number of anilines is 1. The van der Waals surface area contributed by atoms with Gasteiger partial charge in [0.15, 0.2) is 11.2 Å². The first-order chi connectivity index (χ1) is 13.7. The van der Waals surface area contributed by atoms with Gasteiger partial charge in [0.05, 0.1) is 0 Å². The van der Waals surface area contributed by atoms with E-state index in [2.05, 4.69) is 37.6 Å². The standard InChI is InChI=1S/C21H19BrN4O2/c22-13-7-2-1-6-12(13)19-18-15(9-5-10-16(18)27)23-20(25-19)26-21-24-14-8-3-4-11-17(14)28-21/h1-2,6-8,11,19H,3-5,9-10H2,(H2,23,24,25,26). The Hall–Kier alpha value is -2.67. The summed E-state index contributed by atoms with van der Waals surface area (Å²) in [5.41, 5.74) is 3.46. The van der Waals surface area contributed by atoms with E-state index in [1.807, 2.05) is 30.3 Å². The molecule has 7 heteroatoms. The SMILES string of the molecule is O=C1CCCC2=C1C(c1ccccc1Br)N=C(Nc1nc3c(o1)=CCCC=3)N2. The normalized spacial score (nSPS) is 21.0. The van der Waals surface area contributed by atoms with Crippen molar-refractivity contribution >= 4 is 45.8 Å². The van der Waals surface area contributed by atoms with E-state index in [9.17, 15) is 4.79 Å². The van der Waals surface area contributed by atoms with E-state index in [1.165, 1.54) is 0 Å². The quantitative estimate of drug-likeness (QED) is 0.753. The molecule has 1 aromatic carbocycles. The number of nitrogens with one attached hydrogen (secondary N) is 2. The number of fused-ring (bicyclic) bond motifs is 1. The number of hydrogen-bond acceptors (Lipinski definition) is 6. The van der Waals surface area contributed by atoms with E-state index in [-0.39, 0.29) is 11.8 Å². The number of carbonyl (C=O) groups is 1. The maximum absolute atomic E-state index is 12.7. The zero-order chi connectivity index (χ0) is 19.1. The third-order valence-electron chi connectivity index (χ3n) is 5.20. The van der Waals surface area contributed by atoms with Crippen molar-refractivity contribution in [2.45, 2.75) is 38.1 Å². The summed E-state index contributed by atoms with van der Waals surface area (Å²) in [4.78, 5) is 22.0. The van der Waals surface area contributed by atoms with Crippen LogP contribution in [0.3, 0.4) is 0 Å². The number of hydrogen-bond donors (Lipinski definition) is 2. The Balaban J connectivity index is 1.54. The second kappa shape index (κ2) is 7.05. The molecule has 1 unspecified atom stereocenters. The Morgan fingerprint density at radius 3 is 2.89 bits per heavy atom. The Kier molecular flexibility index (Phi) is 4.39. The van der Waals surface area contributed by atoms with Crippen LogP contribution in [-0.4, -0.2) is 16.7 Å². The molecular weight excluding hydrogens is 420 g/mol. The lowest BCUT2D eigenvalue weighted by Gasteiger charge is -2.30. The number of ketones is 1. The van der Waals surface area contributed by atoms with E-state index in [0.29, 0.717) is 18.4 Å². The highest BCUT2D eigenvalue weighted by Gasteiger charge is 2.33. The van der Waals surface area contributed by atoms with Gasteiger partial charge in [-0.15, -0.1) is 0 Å². The van der Waals surface area contributed by atoms with Crippen molar-refractivity contribution in [1.82, 2.24) is 10.3 Å². The summed E-state index contributed by atoms with van der Waals surface area (Å²) >= 11 is 3.61. The van der Waals surface area contributed by atoms with Gasteiger partial charge in [-0.1, -0.05) is 40.2 Å². The molecule has 28 heavy (non-hydrogen) atoms. The van der Waals surface area contributed by atoms with E-state index in [0.717, 1.165) is 57.8 Å². The number of allylic oxidation sites excluding steroid dienone is 1. The molecule has 3 aliphatic rings. The van der Waals surface area contributed by atoms with Gasteiger partial charge < -0.3 is 9.73 Å². The molecular formula is C21H19BrN4O2. The summed E-state index contributed by atoms with van der Waals surface area (Å²) in [5, 5.41) is 7.32. The number of rotatable bonds is 2.